The number of hydrogen-bond acceptors (Lipinski definition) is 3. The molecule has 0 saturated heterocycles. The van der Waals surface area contributed by atoms with Crippen LogP contribution in [0, 0.1) is 17.2 Å². The Kier molecular flexibility index (Phi) is 2.26. The summed E-state index contributed by atoms with van der Waals surface area (Å²) in [6, 6.07) is 1.72. The topological polar surface area (TPSA) is 50.1 Å². The fraction of sp³-hybridized carbons (Fsp3) is 0.167. The number of Topliss-reactive ketones (excluding diaryl/α,β-unsaturated/α-hetero) is 1. The molecule has 3 heteroatoms. The zero-order valence-electron chi connectivity index (χ0n) is 8.01. The van der Waals surface area contributed by atoms with Crippen LogP contribution in [0.5, 0.6) is 0 Å². The Labute approximate surface area is 87.7 Å². The van der Waals surface area contributed by atoms with Crippen molar-refractivity contribution >= 4 is 5.78 Å². The van der Waals surface area contributed by atoms with Gasteiger partial charge in [0, 0.05) is 5.92 Å². The fourth-order valence-electron chi connectivity index (χ4n) is 1.56. The lowest BCUT2D eigenvalue weighted by Gasteiger charge is -2.14. The minimum absolute atomic E-state index is 0.0899. The molecular weight excluding hydrogens is 190 g/mol. The largest absolute Gasteiger partial charge is 0.482 e. The van der Waals surface area contributed by atoms with E-state index in [9.17, 15) is 4.79 Å². The number of ether oxygens (including phenoxy) is 1. The van der Waals surface area contributed by atoms with Crippen LogP contribution < -0.4 is 0 Å². The Morgan fingerprint density at radius 2 is 2.20 bits per heavy atom. The molecule has 3 nitrogen and oxygen atoms in total. The van der Waals surface area contributed by atoms with E-state index in [2.05, 4.69) is 6.58 Å². The molecule has 0 amide bonds. The van der Waals surface area contributed by atoms with Crippen molar-refractivity contribution in [2.24, 2.45) is 5.92 Å². The van der Waals surface area contributed by atoms with Gasteiger partial charge in [0.05, 0.1) is 5.57 Å². The van der Waals surface area contributed by atoms with Gasteiger partial charge in [-0.1, -0.05) is 24.8 Å². The first-order chi connectivity index (χ1) is 7.22. The molecule has 0 aromatic rings. The highest BCUT2D eigenvalue weighted by Gasteiger charge is 2.30. The van der Waals surface area contributed by atoms with Crippen LogP contribution in [0.1, 0.15) is 0 Å². The predicted octanol–water partition coefficient (Wildman–Crippen LogP) is 1.66. The molecule has 0 spiro atoms. The minimum Gasteiger partial charge on any atom is -0.482 e. The van der Waals surface area contributed by atoms with Crippen LogP contribution >= 0.6 is 0 Å². The van der Waals surface area contributed by atoms with Gasteiger partial charge in [0.15, 0.2) is 5.76 Å². The van der Waals surface area contributed by atoms with E-state index in [0.29, 0.717) is 0 Å². The van der Waals surface area contributed by atoms with Gasteiger partial charge in [-0.15, -0.1) is 0 Å². The van der Waals surface area contributed by atoms with E-state index in [1.807, 2.05) is 24.3 Å². The van der Waals surface area contributed by atoms with Crippen LogP contribution in [0.2, 0.25) is 0 Å². The maximum atomic E-state index is 11.6. The van der Waals surface area contributed by atoms with Gasteiger partial charge in [-0.05, 0) is 12.2 Å². The van der Waals surface area contributed by atoms with E-state index < -0.39 is 5.78 Å². The van der Waals surface area contributed by atoms with E-state index in [1.165, 1.54) is 0 Å². The summed E-state index contributed by atoms with van der Waals surface area (Å²) in [6.07, 6.45) is 9.25. The highest BCUT2D eigenvalue weighted by atomic mass is 16.5. The third-order valence-electron chi connectivity index (χ3n) is 2.36. The van der Waals surface area contributed by atoms with Crippen molar-refractivity contribution in [2.45, 2.75) is 6.10 Å². The van der Waals surface area contributed by atoms with Gasteiger partial charge in [-0.3, -0.25) is 4.79 Å². The first-order valence-electron chi connectivity index (χ1n) is 4.59. The normalized spacial score (nSPS) is 26.2. The van der Waals surface area contributed by atoms with Gasteiger partial charge in [-0.2, -0.15) is 5.26 Å². The number of carbonyl (C=O) groups excluding carboxylic acids is 1. The van der Waals surface area contributed by atoms with E-state index >= 15 is 0 Å². The maximum absolute atomic E-state index is 11.6. The Balaban J connectivity index is 2.18. The molecule has 0 fully saturated rings. The van der Waals surface area contributed by atoms with E-state index in [4.69, 9.17) is 10.00 Å². The zero-order valence-corrected chi connectivity index (χ0v) is 8.01. The summed E-state index contributed by atoms with van der Waals surface area (Å²) >= 11 is 0. The summed E-state index contributed by atoms with van der Waals surface area (Å²) in [6.45, 7) is 3.37. The molecule has 2 atom stereocenters. The summed E-state index contributed by atoms with van der Waals surface area (Å²) in [5.41, 5.74) is -0.0899. The summed E-state index contributed by atoms with van der Waals surface area (Å²) in [5.74, 6) is -0.0955. The molecule has 1 heterocycles. The van der Waals surface area contributed by atoms with Crippen molar-refractivity contribution in [3.63, 3.8) is 0 Å². The number of hydrogen-bond donors (Lipinski definition) is 0. The summed E-state index contributed by atoms with van der Waals surface area (Å²) in [7, 11) is 0. The summed E-state index contributed by atoms with van der Waals surface area (Å²) < 4.78 is 5.41. The predicted molar refractivity (Wildman–Crippen MR) is 54.5 cm³/mol. The van der Waals surface area contributed by atoms with Gasteiger partial charge in [-0.25, -0.2) is 0 Å². The molecule has 0 saturated carbocycles. The van der Waals surface area contributed by atoms with Crippen LogP contribution in [-0.4, -0.2) is 11.9 Å². The van der Waals surface area contributed by atoms with Crippen molar-refractivity contribution in [2.75, 3.05) is 0 Å². The first-order valence-corrected chi connectivity index (χ1v) is 4.59. The van der Waals surface area contributed by atoms with Gasteiger partial charge in [0.2, 0.25) is 5.78 Å². The highest BCUT2D eigenvalue weighted by Crippen LogP contribution is 2.29. The Morgan fingerprint density at radius 1 is 1.47 bits per heavy atom. The summed E-state index contributed by atoms with van der Waals surface area (Å²) in [4.78, 5) is 11.6. The minimum atomic E-state index is -0.423. The van der Waals surface area contributed by atoms with Crippen molar-refractivity contribution in [3.05, 3.63) is 48.3 Å². The molecule has 1 aliphatic carbocycles. The molecule has 0 radical (unpaired) electrons. The molecule has 2 unspecified atom stereocenters. The first kappa shape index (κ1) is 9.47. The van der Waals surface area contributed by atoms with Crippen LogP contribution in [0.25, 0.3) is 0 Å². The molecule has 74 valence electrons. The molecule has 0 bridgehead atoms. The third kappa shape index (κ3) is 1.62. The molecule has 2 rings (SSSR count). The number of nitriles is 1. The molecule has 0 aromatic carbocycles. The maximum Gasteiger partial charge on any atom is 0.237 e. The lowest BCUT2D eigenvalue weighted by molar-refractivity contribution is -0.115. The van der Waals surface area contributed by atoms with Crippen molar-refractivity contribution in [1.29, 1.82) is 5.26 Å². The summed E-state index contributed by atoms with van der Waals surface area (Å²) in [5, 5.41) is 8.54. The van der Waals surface area contributed by atoms with Crippen molar-refractivity contribution in [1.82, 2.24) is 0 Å². The van der Waals surface area contributed by atoms with E-state index in [0.717, 1.165) is 0 Å². The molecule has 0 N–H and O–H groups in total. The van der Waals surface area contributed by atoms with Crippen LogP contribution in [0.3, 0.4) is 0 Å². The van der Waals surface area contributed by atoms with Gasteiger partial charge in [0.1, 0.15) is 12.2 Å². The van der Waals surface area contributed by atoms with Gasteiger partial charge < -0.3 is 4.74 Å². The van der Waals surface area contributed by atoms with E-state index in [-0.39, 0.29) is 23.4 Å². The third-order valence-corrected chi connectivity index (χ3v) is 2.36. The van der Waals surface area contributed by atoms with Crippen LogP contribution in [0.4, 0.5) is 0 Å². The van der Waals surface area contributed by atoms with Crippen LogP contribution in [-0.2, 0) is 9.53 Å². The number of carbonyl (C=O) groups is 1. The second-order valence-electron chi connectivity index (χ2n) is 3.38. The second-order valence-corrected chi connectivity index (χ2v) is 3.38. The van der Waals surface area contributed by atoms with E-state index in [1.54, 1.807) is 12.1 Å². The zero-order chi connectivity index (χ0) is 10.8. The second kappa shape index (κ2) is 3.58. The number of nitrogens with zero attached hydrogens (tertiary/aromatic N) is 1. The SMILES string of the molecule is C=C(C#N)C(=O)C1=CC2C=CC=CC2O1. The number of rotatable bonds is 2. The number of ketones is 1. The van der Waals surface area contributed by atoms with Gasteiger partial charge >= 0.3 is 0 Å². The lowest BCUT2D eigenvalue weighted by atomic mass is 9.99. The molecule has 2 aliphatic rings. The smallest absolute Gasteiger partial charge is 0.237 e. The highest BCUT2D eigenvalue weighted by molar-refractivity contribution is 6.09. The van der Waals surface area contributed by atoms with Crippen molar-refractivity contribution < 1.29 is 9.53 Å². The van der Waals surface area contributed by atoms with Crippen LogP contribution in [0.15, 0.2) is 48.3 Å². The monoisotopic (exact) mass is 199 g/mol. The quantitative estimate of drug-likeness (QED) is 0.502. The standard InChI is InChI=1S/C12H9NO2/c1-8(7-13)12(14)11-6-9-4-2-3-5-10(9)15-11/h2-6,9-10H,1H2. The molecule has 15 heavy (non-hydrogen) atoms. The average Bonchev–Trinajstić information content (AvgIpc) is 2.70. The van der Waals surface area contributed by atoms with Gasteiger partial charge in [0.25, 0.3) is 0 Å². The molecule has 0 aromatic heterocycles. The number of allylic oxidation sites excluding steroid dienone is 3. The molecule has 1 aliphatic heterocycles. The fourth-order valence-corrected chi connectivity index (χ4v) is 1.56. The Hall–Kier alpha value is -2.08. The Bertz CT molecular complexity index is 449. The number of fused-ring (bicyclic) bond motifs is 1. The van der Waals surface area contributed by atoms with Crippen molar-refractivity contribution in [3.8, 4) is 6.07 Å². The Morgan fingerprint density at radius 3 is 2.87 bits per heavy atom. The average molecular weight is 199 g/mol. The lowest BCUT2D eigenvalue weighted by Crippen LogP contribution is -2.14. The molecular formula is C12H9NO2.